The molecule has 3 N–H and O–H groups in total. The smallest absolute Gasteiger partial charge is 0.349 e. The zero-order valence-corrected chi connectivity index (χ0v) is 21.8. The SMILES string of the molecule is C[C@@H](O[C@H]1OCCN(Cc2nn(P(=O)(O)O)c(=O)[nH]2)[C@@H]1c1ccc(F)cc1)c1cc(C(F)(F)F)cc(C(F)(F)F)c1. The number of rotatable bonds is 7. The Hall–Kier alpha value is -3.08. The van der Waals surface area contributed by atoms with Gasteiger partial charge in [0.15, 0.2) is 6.29 Å². The number of nitrogens with one attached hydrogen (secondary N) is 1. The number of hydrogen-bond donors (Lipinski definition) is 3. The van der Waals surface area contributed by atoms with Crippen molar-refractivity contribution in [3.8, 4) is 0 Å². The predicted molar refractivity (Wildman–Crippen MR) is 126 cm³/mol. The lowest BCUT2D eigenvalue weighted by Crippen LogP contribution is -2.46. The third kappa shape index (κ3) is 7.23. The molecule has 41 heavy (non-hydrogen) atoms. The first-order chi connectivity index (χ1) is 18.9. The van der Waals surface area contributed by atoms with Gasteiger partial charge in [-0.3, -0.25) is 9.88 Å². The van der Waals surface area contributed by atoms with E-state index in [1.54, 1.807) is 4.90 Å². The molecule has 2 heterocycles. The molecule has 1 aliphatic heterocycles. The van der Waals surface area contributed by atoms with Gasteiger partial charge in [-0.05, 0) is 48.4 Å². The number of aromatic nitrogens is 3. The van der Waals surface area contributed by atoms with Gasteiger partial charge in [0.1, 0.15) is 11.6 Å². The number of nitrogens with zero attached hydrogens (tertiary/aromatic N) is 3. The molecule has 0 aliphatic carbocycles. The molecule has 0 spiro atoms. The van der Waals surface area contributed by atoms with E-state index in [9.17, 15) is 49.9 Å². The normalized spacial score (nSPS) is 19.9. The van der Waals surface area contributed by atoms with Crippen LogP contribution in [-0.4, -0.2) is 48.7 Å². The second kappa shape index (κ2) is 11.3. The number of benzene rings is 2. The number of alkyl halides is 6. The molecule has 10 nitrogen and oxygen atoms in total. The molecule has 3 atom stereocenters. The highest BCUT2D eigenvalue weighted by atomic mass is 31.2. The van der Waals surface area contributed by atoms with Crippen LogP contribution in [0.4, 0.5) is 30.7 Å². The predicted octanol–water partition coefficient (Wildman–Crippen LogP) is 4.37. The van der Waals surface area contributed by atoms with Gasteiger partial charge in [0, 0.05) is 6.54 Å². The molecule has 224 valence electrons. The maximum absolute atomic E-state index is 13.7. The second-order valence-electron chi connectivity index (χ2n) is 9.10. The van der Waals surface area contributed by atoms with Crippen LogP contribution in [0.2, 0.25) is 0 Å². The number of aromatic amines is 1. The third-order valence-corrected chi connectivity index (χ3v) is 6.95. The molecule has 0 bridgehead atoms. The lowest BCUT2D eigenvalue weighted by Gasteiger charge is -2.41. The first-order valence-electron chi connectivity index (χ1n) is 11.7. The van der Waals surface area contributed by atoms with Crippen molar-refractivity contribution in [3.05, 3.63) is 86.8 Å². The maximum atomic E-state index is 13.7. The van der Waals surface area contributed by atoms with E-state index in [0.29, 0.717) is 17.7 Å². The molecule has 2 aromatic carbocycles. The van der Waals surface area contributed by atoms with Crippen LogP contribution in [0.3, 0.4) is 0 Å². The summed E-state index contributed by atoms with van der Waals surface area (Å²) in [6, 6.07) is 5.01. The van der Waals surface area contributed by atoms with Crippen LogP contribution in [0.15, 0.2) is 47.3 Å². The van der Waals surface area contributed by atoms with Crippen LogP contribution in [0.5, 0.6) is 0 Å². The molecular formula is C23H22F7N4O6P. The molecule has 1 saturated heterocycles. The largest absolute Gasteiger partial charge is 0.454 e. The maximum Gasteiger partial charge on any atom is 0.454 e. The fourth-order valence-corrected chi connectivity index (χ4v) is 4.81. The molecule has 18 heteroatoms. The Morgan fingerprint density at radius 2 is 1.68 bits per heavy atom. The van der Waals surface area contributed by atoms with E-state index in [2.05, 4.69) is 10.1 Å². The Morgan fingerprint density at radius 1 is 1.10 bits per heavy atom. The Morgan fingerprint density at radius 3 is 2.20 bits per heavy atom. The monoisotopic (exact) mass is 614 g/mol. The van der Waals surface area contributed by atoms with Crippen LogP contribution in [0.25, 0.3) is 0 Å². The third-order valence-electron chi connectivity index (χ3n) is 6.19. The van der Waals surface area contributed by atoms with Crippen LogP contribution < -0.4 is 5.69 Å². The summed E-state index contributed by atoms with van der Waals surface area (Å²) in [6.07, 6.45) is -12.8. The number of ether oxygens (including phenoxy) is 2. The Balaban J connectivity index is 1.68. The van der Waals surface area contributed by atoms with Crippen molar-refractivity contribution >= 4 is 7.75 Å². The molecular weight excluding hydrogens is 592 g/mol. The van der Waals surface area contributed by atoms with E-state index in [4.69, 9.17) is 9.47 Å². The first-order valence-corrected chi connectivity index (χ1v) is 13.3. The Bertz CT molecular complexity index is 1450. The summed E-state index contributed by atoms with van der Waals surface area (Å²) in [5.74, 6) is -0.775. The summed E-state index contributed by atoms with van der Waals surface area (Å²) in [5, 5.41) is 3.61. The van der Waals surface area contributed by atoms with E-state index < -0.39 is 66.7 Å². The number of hydrogen-bond acceptors (Lipinski definition) is 6. The minimum absolute atomic E-state index is 0.00603. The fourth-order valence-electron chi connectivity index (χ4n) is 4.30. The van der Waals surface area contributed by atoms with Crippen molar-refractivity contribution in [3.63, 3.8) is 0 Å². The molecule has 1 aromatic heterocycles. The van der Waals surface area contributed by atoms with Gasteiger partial charge in [-0.15, -0.1) is 9.55 Å². The minimum atomic E-state index is -5.07. The standard InChI is InChI=1S/C23H22F7N4O6P/c1-12(14-8-15(22(25,26)27)10-16(9-14)23(28,29)30)40-20-19(13-2-4-17(24)5-3-13)33(6-7-39-20)11-18-31-21(35)34(32-18)41(36,37)38/h2-5,8-10,12,19-20H,6-7,11H2,1H3,(H,31,32,35)(H2,36,37,38)/t12-,19-,20-/m1/s1. The highest BCUT2D eigenvalue weighted by Crippen LogP contribution is 2.40. The molecule has 1 aliphatic rings. The average Bonchev–Trinajstić information content (AvgIpc) is 3.24. The summed E-state index contributed by atoms with van der Waals surface area (Å²) < 4.78 is 117. The number of halogens is 7. The molecule has 0 unspecified atom stereocenters. The van der Waals surface area contributed by atoms with E-state index in [1.807, 2.05) is 0 Å². The van der Waals surface area contributed by atoms with Crippen molar-refractivity contribution < 1.29 is 54.6 Å². The van der Waals surface area contributed by atoms with E-state index in [0.717, 1.165) is 12.1 Å². The summed E-state index contributed by atoms with van der Waals surface area (Å²) in [5.41, 5.74) is -4.31. The van der Waals surface area contributed by atoms with Gasteiger partial charge in [0.2, 0.25) is 0 Å². The van der Waals surface area contributed by atoms with Crippen molar-refractivity contribution in [2.24, 2.45) is 0 Å². The van der Waals surface area contributed by atoms with Gasteiger partial charge in [-0.25, -0.2) is 13.8 Å². The van der Waals surface area contributed by atoms with Crippen molar-refractivity contribution in [1.82, 2.24) is 19.4 Å². The molecule has 0 saturated carbocycles. The van der Waals surface area contributed by atoms with Gasteiger partial charge < -0.3 is 19.3 Å². The van der Waals surface area contributed by atoms with Gasteiger partial charge in [-0.1, -0.05) is 12.1 Å². The lowest BCUT2D eigenvalue weighted by molar-refractivity contribution is -0.231. The molecule has 1 fully saturated rings. The lowest BCUT2D eigenvalue weighted by atomic mass is 10.0. The topological polar surface area (TPSA) is 130 Å². The van der Waals surface area contributed by atoms with Crippen LogP contribution >= 0.6 is 7.75 Å². The van der Waals surface area contributed by atoms with E-state index in [1.165, 1.54) is 19.1 Å². The molecule has 3 aromatic rings. The van der Waals surface area contributed by atoms with Crippen molar-refractivity contribution in [2.45, 2.75) is 44.3 Å². The van der Waals surface area contributed by atoms with Crippen molar-refractivity contribution in [2.75, 3.05) is 13.2 Å². The highest BCUT2D eigenvalue weighted by Gasteiger charge is 2.39. The fraction of sp³-hybridized carbons (Fsp3) is 0.391. The quantitative estimate of drug-likeness (QED) is 0.265. The van der Waals surface area contributed by atoms with E-state index >= 15 is 0 Å². The van der Waals surface area contributed by atoms with Gasteiger partial charge >= 0.3 is 25.8 Å². The summed E-state index contributed by atoms with van der Waals surface area (Å²) in [6.45, 7) is 1.04. The number of morpholine rings is 1. The van der Waals surface area contributed by atoms with Crippen LogP contribution in [-0.2, 0) is 32.9 Å². The Labute approximate surface area is 226 Å². The zero-order chi connectivity index (χ0) is 30.3. The van der Waals surface area contributed by atoms with Gasteiger partial charge in [-0.2, -0.15) is 26.3 Å². The van der Waals surface area contributed by atoms with Gasteiger partial charge in [0.05, 0.1) is 36.4 Å². The molecule has 4 rings (SSSR count). The molecule has 0 amide bonds. The summed E-state index contributed by atoms with van der Waals surface area (Å²) >= 11 is 0. The summed E-state index contributed by atoms with van der Waals surface area (Å²) in [4.78, 5) is 34.3. The number of H-pyrrole nitrogens is 1. The average molecular weight is 614 g/mol. The Kier molecular flexibility index (Phi) is 8.51. The van der Waals surface area contributed by atoms with Crippen LogP contribution in [0.1, 0.15) is 47.1 Å². The minimum Gasteiger partial charge on any atom is -0.349 e. The highest BCUT2D eigenvalue weighted by molar-refractivity contribution is 7.49. The zero-order valence-electron chi connectivity index (χ0n) is 20.9. The van der Waals surface area contributed by atoms with Crippen LogP contribution in [0, 0.1) is 5.82 Å². The van der Waals surface area contributed by atoms with E-state index in [-0.39, 0.29) is 36.0 Å². The second-order valence-corrected chi connectivity index (χ2v) is 10.5. The first kappa shape index (κ1) is 30.9. The van der Waals surface area contributed by atoms with Gasteiger partial charge in [0.25, 0.3) is 0 Å². The van der Waals surface area contributed by atoms with Crippen molar-refractivity contribution in [1.29, 1.82) is 0 Å². The molecule has 0 radical (unpaired) electrons. The summed E-state index contributed by atoms with van der Waals surface area (Å²) in [7, 11) is -5.07.